The number of nitrogens with zero attached hydrogens (tertiary/aromatic N) is 5. The number of imidazole rings is 1. The Labute approximate surface area is 155 Å². The third kappa shape index (κ3) is 2.79. The highest BCUT2D eigenvalue weighted by Crippen LogP contribution is 2.36. The second-order valence-corrected chi connectivity index (χ2v) is 7.62. The molecular formula is C18H20N6OS. The van der Waals surface area contributed by atoms with E-state index in [2.05, 4.69) is 35.6 Å². The molecule has 2 aliphatic heterocycles. The molecule has 26 heavy (non-hydrogen) atoms. The zero-order chi connectivity index (χ0) is 17.3. The van der Waals surface area contributed by atoms with Crippen LogP contribution in [0.25, 0.3) is 15.9 Å². The maximum atomic E-state index is 5.96. The van der Waals surface area contributed by atoms with Crippen molar-refractivity contribution in [1.82, 2.24) is 24.5 Å². The van der Waals surface area contributed by atoms with Crippen molar-refractivity contribution in [1.29, 1.82) is 0 Å². The first-order valence-corrected chi connectivity index (χ1v) is 9.92. The van der Waals surface area contributed by atoms with Crippen LogP contribution in [0.4, 0.5) is 5.82 Å². The predicted molar refractivity (Wildman–Crippen MR) is 103 cm³/mol. The van der Waals surface area contributed by atoms with Gasteiger partial charge in [0.05, 0.1) is 23.6 Å². The Morgan fingerprint density at radius 1 is 1.27 bits per heavy atom. The molecular weight excluding hydrogens is 348 g/mol. The predicted octanol–water partition coefficient (Wildman–Crippen LogP) is 3.41. The molecule has 0 saturated carbocycles. The molecule has 2 aliphatic rings. The van der Waals surface area contributed by atoms with Crippen molar-refractivity contribution in [2.75, 3.05) is 23.8 Å². The average molecular weight is 368 g/mol. The standard InChI is InChI=1S/C18H20N6OS/c1-2-7-25-16(3-1)24-12-19-9-14(24)15-10-23(6-8-26-15)18-13-4-5-20-17(13)21-11-22-18/h4-5,9-12,16H,1-3,6-8H2,(H,20,21,22). The van der Waals surface area contributed by atoms with Crippen LogP contribution in [0, 0.1) is 0 Å². The molecule has 0 spiro atoms. The average Bonchev–Trinajstić information content (AvgIpc) is 3.38. The summed E-state index contributed by atoms with van der Waals surface area (Å²) in [6.07, 6.45) is 13.0. The van der Waals surface area contributed by atoms with Gasteiger partial charge in [-0.25, -0.2) is 15.0 Å². The van der Waals surface area contributed by atoms with E-state index in [1.54, 1.807) is 6.33 Å². The number of fused-ring (bicyclic) bond motifs is 1. The summed E-state index contributed by atoms with van der Waals surface area (Å²) >= 11 is 1.86. The number of rotatable bonds is 3. The lowest BCUT2D eigenvalue weighted by Crippen LogP contribution is -2.25. The Morgan fingerprint density at radius 2 is 2.27 bits per heavy atom. The van der Waals surface area contributed by atoms with Gasteiger partial charge in [0.15, 0.2) is 0 Å². The van der Waals surface area contributed by atoms with Crippen LogP contribution < -0.4 is 4.90 Å². The normalized spacial score (nSPS) is 21.2. The summed E-state index contributed by atoms with van der Waals surface area (Å²) < 4.78 is 8.13. The van der Waals surface area contributed by atoms with Crippen molar-refractivity contribution < 1.29 is 4.74 Å². The van der Waals surface area contributed by atoms with Crippen LogP contribution >= 0.6 is 11.8 Å². The maximum absolute atomic E-state index is 5.96. The Balaban J connectivity index is 1.50. The first-order valence-electron chi connectivity index (χ1n) is 8.93. The van der Waals surface area contributed by atoms with Gasteiger partial charge in [-0.15, -0.1) is 11.8 Å². The minimum Gasteiger partial charge on any atom is -0.358 e. The maximum Gasteiger partial charge on any atom is 0.145 e. The molecule has 7 nitrogen and oxygen atoms in total. The number of hydrogen-bond donors (Lipinski definition) is 1. The second-order valence-electron chi connectivity index (χ2n) is 6.48. The molecule has 0 aliphatic carbocycles. The van der Waals surface area contributed by atoms with Gasteiger partial charge in [-0.05, 0) is 25.3 Å². The van der Waals surface area contributed by atoms with E-state index in [1.165, 1.54) is 11.3 Å². The minimum absolute atomic E-state index is 0.0913. The van der Waals surface area contributed by atoms with Crippen LogP contribution in [0.2, 0.25) is 0 Å². The summed E-state index contributed by atoms with van der Waals surface area (Å²) in [6.45, 7) is 1.74. The SMILES string of the molecule is C1=C(c2cncn2C2CCCCO2)SCCN1c1ncnc2[nH]ccc12. The topological polar surface area (TPSA) is 71.9 Å². The van der Waals surface area contributed by atoms with Gasteiger partial charge < -0.3 is 19.2 Å². The molecule has 1 saturated heterocycles. The monoisotopic (exact) mass is 368 g/mol. The second kappa shape index (κ2) is 6.77. The van der Waals surface area contributed by atoms with Crippen LogP contribution in [-0.2, 0) is 4.74 Å². The molecule has 3 aromatic rings. The van der Waals surface area contributed by atoms with Gasteiger partial charge >= 0.3 is 0 Å². The van der Waals surface area contributed by atoms with E-state index in [1.807, 2.05) is 36.5 Å². The van der Waals surface area contributed by atoms with Crippen molar-refractivity contribution >= 4 is 33.5 Å². The molecule has 0 aromatic carbocycles. The van der Waals surface area contributed by atoms with Gasteiger partial charge in [0.2, 0.25) is 0 Å². The lowest BCUT2D eigenvalue weighted by Gasteiger charge is -2.29. The molecule has 1 unspecified atom stereocenters. The van der Waals surface area contributed by atoms with Crippen LogP contribution in [0.5, 0.6) is 0 Å². The minimum atomic E-state index is 0.0913. The fraction of sp³-hybridized carbons (Fsp3) is 0.389. The van der Waals surface area contributed by atoms with Gasteiger partial charge in [-0.2, -0.15) is 0 Å². The summed E-state index contributed by atoms with van der Waals surface area (Å²) in [5, 5.41) is 1.04. The number of hydrogen-bond acceptors (Lipinski definition) is 6. The van der Waals surface area contributed by atoms with Crippen molar-refractivity contribution in [3.8, 4) is 0 Å². The van der Waals surface area contributed by atoms with E-state index in [-0.39, 0.29) is 6.23 Å². The highest BCUT2D eigenvalue weighted by atomic mass is 32.2. The molecule has 1 fully saturated rings. The molecule has 0 bridgehead atoms. The number of nitrogens with one attached hydrogen (secondary N) is 1. The van der Waals surface area contributed by atoms with E-state index >= 15 is 0 Å². The van der Waals surface area contributed by atoms with Gasteiger partial charge in [-0.3, -0.25) is 0 Å². The fourth-order valence-corrected chi connectivity index (χ4v) is 4.58. The first kappa shape index (κ1) is 15.9. The smallest absolute Gasteiger partial charge is 0.145 e. The summed E-state index contributed by atoms with van der Waals surface area (Å²) in [6, 6.07) is 2.03. The van der Waals surface area contributed by atoms with Crippen LogP contribution in [0.15, 0.2) is 37.3 Å². The van der Waals surface area contributed by atoms with Gasteiger partial charge in [0, 0.05) is 36.2 Å². The molecule has 1 N–H and O–H groups in total. The molecule has 0 amide bonds. The molecule has 1 atom stereocenters. The lowest BCUT2D eigenvalue weighted by molar-refractivity contribution is -0.0323. The summed E-state index contributed by atoms with van der Waals surface area (Å²) in [5.41, 5.74) is 1.98. The quantitative estimate of drug-likeness (QED) is 0.764. The molecule has 134 valence electrons. The fourth-order valence-electron chi connectivity index (χ4n) is 3.56. The summed E-state index contributed by atoms with van der Waals surface area (Å²) in [7, 11) is 0. The van der Waals surface area contributed by atoms with Crippen LogP contribution in [0.1, 0.15) is 31.2 Å². The Bertz CT molecular complexity index is 942. The van der Waals surface area contributed by atoms with E-state index in [0.717, 1.165) is 54.3 Å². The van der Waals surface area contributed by atoms with Crippen LogP contribution in [-0.4, -0.2) is 43.4 Å². The highest BCUT2D eigenvalue weighted by molar-refractivity contribution is 8.08. The largest absolute Gasteiger partial charge is 0.358 e. The van der Waals surface area contributed by atoms with E-state index in [9.17, 15) is 0 Å². The molecule has 0 radical (unpaired) electrons. The number of aromatic amines is 1. The molecule has 3 aromatic heterocycles. The molecule has 5 heterocycles. The van der Waals surface area contributed by atoms with Crippen molar-refractivity contribution in [3.05, 3.63) is 43.0 Å². The Kier molecular flexibility index (Phi) is 4.14. The summed E-state index contributed by atoms with van der Waals surface area (Å²) in [5.74, 6) is 1.94. The first-order chi connectivity index (χ1) is 12.9. The number of anilines is 1. The number of ether oxygens (including phenoxy) is 1. The van der Waals surface area contributed by atoms with Gasteiger partial charge in [0.25, 0.3) is 0 Å². The zero-order valence-electron chi connectivity index (χ0n) is 14.3. The van der Waals surface area contributed by atoms with Crippen LogP contribution in [0.3, 0.4) is 0 Å². The van der Waals surface area contributed by atoms with Gasteiger partial charge in [0.1, 0.15) is 24.0 Å². The number of H-pyrrole nitrogens is 1. The van der Waals surface area contributed by atoms with Crippen molar-refractivity contribution in [2.45, 2.75) is 25.5 Å². The highest BCUT2D eigenvalue weighted by Gasteiger charge is 2.23. The number of aromatic nitrogens is 5. The summed E-state index contributed by atoms with van der Waals surface area (Å²) in [4.78, 5) is 19.8. The van der Waals surface area contributed by atoms with Crippen molar-refractivity contribution in [2.24, 2.45) is 0 Å². The van der Waals surface area contributed by atoms with E-state index in [0.29, 0.717) is 0 Å². The van der Waals surface area contributed by atoms with E-state index < -0.39 is 0 Å². The van der Waals surface area contributed by atoms with E-state index in [4.69, 9.17) is 4.74 Å². The third-order valence-corrected chi connectivity index (χ3v) is 5.86. The molecule has 8 heteroatoms. The lowest BCUT2D eigenvalue weighted by atomic mass is 10.2. The number of thioether (sulfide) groups is 1. The molecule has 5 rings (SSSR count). The zero-order valence-corrected chi connectivity index (χ0v) is 15.2. The van der Waals surface area contributed by atoms with Gasteiger partial charge in [-0.1, -0.05) is 0 Å². The van der Waals surface area contributed by atoms with Crippen molar-refractivity contribution in [3.63, 3.8) is 0 Å². The Hall–Kier alpha value is -2.32. The Morgan fingerprint density at radius 3 is 3.19 bits per heavy atom. The third-order valence-electron chi connectivity index (χ3n) is 4.85.